The van der Waals surface area contributed by atoms with Crippen molar-refractivity contribution in [2.45, 2.75) is 31.0 Å². The fourth-order valence-electron chi connectivity index (χ4n) is 1.27. The number of hydrogen-bond acceptors (Lipinski definition) is 10. The molecule has 13 heteroatoms. The van der Waals surface area contributed by atoms with E-state index in [0.717, 1.165) is 6.08 Å². The van der Waals surface area contributed by atoms with E-state index in [2.05, 4.69) is 0 Å². The third-order valence-corrected chi connectivity index (χ3v) is 2.23. The molecule has 1 rings (SSSR count). The number of hydrogen-bond donors (Lipinski definition) is 5. The van der Waals surface area contributed by atoms with Gasteiger partial charge in [0.1, 0.15) is 18.3 Å². The second-order valence-corrected chi connectivity index (χ2v) is 4.41. The van der Waals surface area contributed by atoms with E-state index in [1.54, 1.807) is 0 Å². The molecule has 114 valence electrons. The number of allylic oxidation sites excluding steroid dienone is 1. The van der Waals surface area contributed by atoms with Crippen molar-refractivity contribution < 1.29 is 107 Å². The Morgan fingerprint density at radius 2 is 1.67 bits per heavy atom. The average Bonchev–Trinajstić information content (AvgIpc) is 2.28. The summed E-state index contributed by atoms with van der Waals surface area (Å²) in [6.07, 6.45) is -3.50. The van der Waals surface area contributed by atoms with Crippen LogP contribution in [0.3, 0.4) is 0 Å². The molecule has 0 bridgehead atoms. The van der Waals surface area contributed by atoms with Gasteiger partial charge in [-0.15, -0.1) is 0 Å². The zero-order chi connectivity index (χ0) is 15.4. The largest absolute Gasteiger partial charge is 1.00 e. The van der Waals surface area contributed by atoms with E-state index in [0.29, 0.717) is 0 Å². The van der Waals surface area contributed by atoms with Crippen LogP contribution in [0.2, 0.25) is 0 Å². The number of ether oxygens (including phenoxy) is 1. The fourth-order valence-corrected chi connectivity index (χ4v) is 1.27. The third-order valence-electron chi connectivity index (χ3n) is 2.23. The molecule has 0 radical (unpaired) electrons. The van der Waals surface area contributed by atoms with Gasteiger partial charge in [0.2, 0.25) is 0 Å². The molecular weight excluding hydrogens is 334 g/mol. The second-order valence-electron chi connectivity index (χ2n) is 3.59. The van der Waals surface area contributed by atoms with Gasteiger partial charge in [-0.3, -0.25) is 8.42 Å². The van der Waals surface area contributed by atoms with Gasteiger partial charge in [0.05, 0.1) is 6.61 Å². The first-order valence-corrected chi connectivity index (χ1v) is 6.19. The Hall–Kier alpha value is 1.21. The molecule has 5 N–H and O–H groups in total. The van der Waals surface area contributed by atoms with Crippen LogP contribution in [0.25, 0.3) is 0 Å². The van der Waals surface area contributed by atoms with Gasteiger partial charge in [0.15, 0.2) is 5.76 Å². The maximum atomic E-state index is 9.63. The van der Waals surface area contributed by atoms with Crippen LogP contribution in [0.4, 0.5) is 0 Å². The van der Waals surface area contributed by atoms with Crippen LogP contribution in [0.1, 0.15) is 6.92 Å². The summed E-state index contributed by atoms with van der Waals surface area (Å²) in [5, 5.41) is 46.6. The van der Waals surface area contributed by atoms with Crippen molar-refractivity contribution in [1.82, 2.24) is 0 Å². The van der Waals surface area contributed by atoms with E-state index < -0.39 is 40.3 Å². The smallest absolute Gasteiger partial charge is 0.759 e. The minimum Gasteiger partial charge on any atom is -0.759 e. The van der Waals surface area contributed by atoms with Crippen molar-refractivity contribution in [1.29, 1.82) is 0 Å². The molecule has 0 saturated carbocycles. The Kier molecular flexibility index (Phi) is 14.0. The topological polar surface area (TPSA) is 191 Å². The molecule has 0 aromatic rings. The minimum absolute atomic E-state index is 0. The normalized spacial score (nSPS) is 32.9. The molecule has 0 spiro atoms. The van der Waals surface area contributed by atoms with Crippen LogP contribution in [-0.2, 0) is 15.1 Å². The van der Waals surface area contributed by atoms with Crippen molar-refractivity contribution in [2.24, 2.45) is 0 Å². The molecule has 4 atom stereocenters. The maximum Gasteiger partial charge on any atom is 1.00 e. The van der Waals surface area contributed by atoms with E-state index in [9.17, 15) is 20.4 Å². The van der Waals surface area contributed by atoms with E-state index in [-0.39, 0.29) is 65.7 Å². The Bertz CT molecular complexity index is 419. The molecule has 0 aromatic heterocycles. The molecule has 10 nitrogen and oxygen atoms in total. The van der Waals surface area contributed by atoms with Gasteiger partial charge in [-0.25, -0.2) is 0 Å². The van der Waals surface area contributed by atoms with E-state index in [1.165, 1.54) is 6.92 Å². The summed E-state index contributed by atoms with van der Waals surface area (Å²) in [5.74, 6) is -2.94. The summed E-state index contributed by atoms with van der Waals surface area (Å²) in [4.78, 5) is 0. The summed E-state index contributed by atoms with van der Waals surface area (Å²) in [6.45, 7) is 1.06. The van der Waals surface area contributed by atoms with Crippen molar-refractivity contribution in [3.05, 3.63) is 11.8 Å². The monoisotopic (exact) mass is 348 g/mol. The molecule has 1 heterocycles. The Balaban J connectivity index is -0.000000405. The molecule has 1 saturated heterocycles. The zero-order valence-corrected chi connectivity index (χ0v) is 16.5. The molecule has 0 aliphatic carbocycles. The van der Waals surface area contributed by atoms with Crippen LogP contribution in [0.15, 0.2) is 11.8 Å². The first kappa shape index (κ1) is 27.1. The summed E-state index contributed by atoms with van der Waals surface area (Å²) in [7, 11) is -5.17. The molecule has 21 heavy (non-hydrogen) atoms. The maximum absolute atomic E-state index is 9.63. The average molecular weight is 348 g/mol. The summed E-state index contributed by atoms with van der Waals surface area (Å²) < 4.78 is 38.8. The van der Waals surface area contributed by atoms with Crippen molar-refractivity contribution in [3.8, 4) is 0 Å². The molecule has 1 aliphatic rings. The van der Waals surface area contributed by atoms with Gasteiger partial charge < -0.3 is 39.4 Å². The van der Waals surface area contributed by atoms with Crippen LogP contribution in [-0.4, -0.2) is 73.8 Å². The van der Waals surface area contributed by atoms with Gasteiger partial charge in [-0.2, -0.15) is 0 Å². The molecule has 1 aliphatic heterocycles. The first-order valence-electron chi connectivity index (χ1n) is 4.86. The predicted octanol–water partition coefficient (Wildman–Crippen LogP) is -9.08. The SMILES string of the molecule is CC=C(O)[C@@]1(O)OC[C@@H](O)[C@@H](O)[C@@H]1O.O=S(=O)([O-])[O-].[Na+].[Na+]. The van der Waals surface area contributed by atoms with Gasteiger partial charge in [-0.05, 0) is 13.0 Å². The minimum atomic E-state index is -5.17. The van der Waals surface area contributed by atoms with Gasteiger partial charge in [0, 0.05) is 10.4 Å². The summed E-state index contributed by atoms with van der Waals surface area (Å²) in [6, 6.07) is 0. The predicted molar refractivity (Wildman–Crippen MR) is 55.8 cm³/mol. The standard InChI is InChI=1S/C8H14O6.2Na.H2O4S/c1-2-5(10)8(13)7(12)6(11)4(9)3-14-8;;;1-5(2,3)4/h2,4,6-7,9-13H,3H2,1H3;;;(H2,1,2,3,4)/q;2*+1;/p-2/t4-,6-,7+,8-;;;/m1.../s1. The van der Waals surface area contributed by atoms with Crippen LogP contribution < -0.4 is 59.1 Å². The molecule has 0 unspecified atom stereocenters. The van der Waals surface area contributed by atoms with Crippen molar-refractivity contribution in [3.63, 3.8) is 0 Å². The van der Waals surface area contributed by atoms with E-state index in [1.807, 2.05) is 0 Å². The Labute approximate surface area is 165 Å². The number of aliphatic hydroxyl groups excluding tert-OH is 4. The number of rotatable bonds is 1. The third kappa shape index (κ3) is 9.17. The van der Waals surface area contributed by atoms with E-state index in [4.69, 9.17) is 27.4 Å². The summed E-state index contributed by atoms with van der Waals surface area (Å²) >= 11 is 0. The zero-order valence-electron chi connectivity index (χ0n) is 11.7. The van der Waals surface area contributed by atoms with Crippen LogP contribution in [0.5, 0.6) is 0 Å². The number of aliphatic hydroxyl groups is 5. The van der Waals surface area contributed by atoms with Crippen molar-refractivity contribution in [2.75, 3.05) is 6.61 Å². The van der Waals surface area contributed by atoms with E-state index >= 15 is 0 Å². The Morgan fingerprint density at radius 1 is 1.29 bits per heavy atom. The van der Waals surface area contributed by atoms with Crippen LogP contribution in [0, 0.1) is 0 Å². The molecule has 1 fully saturated rings. The second kappa shape index (κ2) is 10.9. The quantitative estimate of drug-likeness (QED) is 0.132. The van der Waals surface area contributed by atoms with Gasteiger partial charge in [0.25, 0.3) is 5.79 Å². The van der Waals surface area contributed by atoms with Crippen LogP contribution >= 0.6 is 0 Å². The molecule has 0 amide bonds. The summed E-state index contributed by atoms with van der Waals surface area (Å²) in [5.41, 5.74) is 0. The van der Waals surface area contributed by atoms with Crippen molar-refractivity contribution >= 4 is 10.4 Å². The van der Waals surface area contributed by atoms with Gasteiger partial charge >= 0.3 is 59.1 Å². The Morgan fingerprint density at radius 3 is 2.00 bits per heavy atom. The van der Waals surface area contributed by atoms with Gasteiger partial charge in [-0.1, -0.05) is 0 Å². The molecule has 0 aromatic carbocycles. The first-order chi connectivity index (χ1) is 8.43. The molecular formula is C8H14Na2O10S. The fraction of sp³-hybridized carbons (Fsp3) is 0.750.